The van der Waals surface area contributed by atoms with Crippen LogP contribution in [0, 0.1) is 11.8 Å². The molecular formula is C26H22N2O4. The van der Waals surface area contributed by atoms with Crippen molar-refractivity contribution in [2.24, 2.45) is 0 Å². The third-order valence-electron chi connectivity index (χ3n) is 5.42. The van der Waals surface area contributed by atoms with Crippen molar-refractivity contribution in [3.63, 3.8) is 0 Å². The monoisotopic (exact) mass is 426 g/mol. The standard InChI is InChI=1S/C26H22N2O4/c27-24-17(9-7-14-22(24)25(29)30)8-5-6-15-28-26(31)32-16-23-20-12-3-1-10-18(20)19-11-2-4-13-21(19)23/h1-4,7,9-14,23H,6,15-16,27H2,(H,28,31)(H,29,30). The van der Waals surface area contributed by atoms with Gasteiger partial charge < -0.3 is 20.9 Å². The lowest BCUT2D eigenvalue weighted by atomic mass is 9.98. The van der Waals surface area contributed by atoms with Gasteiger partial charge >= 0.3 is 12.1 Å². The molecule has 0 aliphatic heterocycles. The molecule has 1 aliphatic rings. The zero-order chi connectivity index (χ0) is 22.5. The molecule has 6 nitrogen and oxygen atoms in total. The topological polar surface area (TPSA) is 102 Å². The molecule has 160 valence electrons. The van der Waals surface area contributed by atoms with E-state index in [1.807, 2.05) is 24.3 Å². The first-order chi connectivity index (χ1) is 15.6. The number of carboxylic acids is 1. The van der Waals surface area contributed by atoms with Crippen LogP contribution in [-0.2, 0) is 4.74 Å². The zero-order valence-corrected chi connectivity index (χ0v) is 17.3. The number of carboxylic acid groups (broad SMARTS) is 1. The number of hydrogen-bond donors (Lipinski definition) is 3. The van der Waals surface area contributed by atoms with Crippen molar-refractivity contribution in [1.29, 1.82) is 0 Å². The Morgan fingerprint density at radius 1 is 0.969 bits per heavy atom. The first kappa shape index (κ1) is 21.0. The summed E-state index contributed by atoms with van der Waals surface area (Å²) in [4.78, 5) is 23.3. The van der Waals surface area contributed by atoms with Crippen LogP contribution in [0.1, 0.15) is 39.4 Å². The number of nitrogens with one attached hydrogen (secondary N) is 1. The molecule has 0 saturated carbocycles. The molecule has 0 bridgehead atoms. The van der Waals surface area contributed by atoms with Gasteiger partial charge in [-0.3, -0.25) is 0 Å². The van der Waals surface area contributed by atoms with Gasteiger partial charge in [-0.2, -0.15) is 0 Å². The van der Waals surface area contributed by atoms with Gasteiger partial charge in [0.2, 0.25) is 0 Å². The summed E-state index contributed by atoms with van der Waals surface area (Å²) in [5.74, 6) is 4.66. The van der Waals surface area contributed by atoms with E-state index >= 15 is 0 Å². The fraction of sp³-hybridized carbons (Fsp3) is 0.154. The molecule has 0 heterocycles. The average molecular weight is 426 g/mol. The second kappa shape index (κ2) is 9.27. The van der Waals surface area contributed by atoms with Gasteiger partial charge in [0.25, 0.3) is 0 Å². The molecule has 4 rings (SSSR count). The smallest absolute Gasteiger partial charge is 0.407 e. The Balaban J connectivity index is 1.30. The highest BCUT2D eigenvalue weighted by Crippen LogP contribution is 2.44. The first-order valence-electron chi connectivity index (χ1n) is 10.3. The van der Waals surface area contributed by atoms with E-state index in [1.165, 1.54) is 17.2 Å². The van der Waals surface area contributed by atoms with Crippen molar-refractivity contribution in [3.8, 4) is 23.0 Å². The number of rotatable bonds is 5. The molecule has 0 saturated heterocycles. The number of ether oxygens (including phenoxy) is 1. The van der Waals surface area contributed by atoms with Crippen LogP contribution in [0.15, 0.2) is 66.7 Å². The second-order valence-corrected chi connectivity index (χ2v) is 7.38. The number of carbonyl (C=O) groups excluding carboxylic acids is 1. The van der Waals surface area contributed by atoms with Crippen LogP contribution in [0.5, 0.6) is 0 Å². The van der Waals surface area contributed by atoms with Crippen LogP contribution in [0.25, 0.3) is 11.1 Å². The van der Waals surface area contributed by atoms with E-state index in [0.717, 1.165) is 11.1 Å². The lowest BCUT2D eigenvalue weighted by Crippen LogP contribution is -2.26. The third-order valence-corrected chi connectivity index (χ3v) is 5.42. The minimum absolute atomic E-state index is 0.0115. The van der Waals surface area contributed by atoms with Gasteiger partial charge in [0, 0.05) is 24.4 Å². The van der Waals surface area contributed by atoms with Crippen molar-refractivity contribution >= 4 is 17.7 Å². The maximum absolute atomic E-state index is 12.2. The SMILES string of the molecule is Nc1c(C#CCCNC(=O)OCC2c3ccccc3-c3ccccc32)cccc1C(=O)O. The predicted molar refractivity (Wildman–Crippen MR) is 122 cm³/mol. The number of amides is 1. The predicted octanol–water partition coefficient (Wildman–Crippen LogP) is 4.25. The van der Waals surface area contributed by atoms with Crippen LogP contribution in [-0.4, -0.2) is 30.3 Å². The van der Waals surface area contributed by atoms with Gasteiger partial charge in [0.1, 0.15) is 6.61 Å². The molecule has 3 aromatic rings. The molecule has 32 heavy (non-hydrogen) atoms. The van der Waals surface area contributed by atoms with Gasteiger partial charge in [-0.25, -0.2) is 9.59 Å². The molecule has 0 radical (unpaired) electrons. The van der Waals surface area contributed by atoms with Crippen LogP contribution < -0.4 is 11.1 Å². The Bertz CT molecular complexity index is 1190. The van der Waals surface area contributed by atoms with Crippen LogP contribution >= 0.6 is 0 Å². The number of aromatic carboxylic acids is 1. The van der Waals surface area contributed by atoms with Crippen LogP contribution in [0.4, 0.5) is 10.5 Å². The highest BCUT2D eigenvalue weighted by Gasteiger charge is 2.28. The van der Waals surface area contributed by atoms with Gasteiger partial charge in [0.05, 0.1) is 11.3 Å². The molecule has 0 atom stereocenters. The van der Waals surface area contributed by atoms with E-state index in [4.69, 9.17) is 15.6 Å². The van der Waals surface area contributed by atoms with Gasteiger partial charge in [-0.1, -0.05) is 66.4 Å². The number of fused-ring (bicyclic) bond motifs is 3. The fourth-order valence-corrected chi connectivity index (χ4v) is 3.89. The summed E-state index contributed by atoms with van der Waals surface area (Å²) in [6, 6.07) is 21.0. The van der Waals surface area contributed by atoms with Gasteiger partial charge in [0.15, 0.2) is 0 Å². The molecule has 0 spiro atoms. The number of hydrogen-bond acceptors (Lipinski definition) is 4. The largest absolute Gasteiger partial charge is 0.478 e. The molecule has 3 aromatic carbocycles. The summed E-state index contributed by atoms with van der Waals surface area (Å²) in [6.07, 6.45) is -0.123. The summed E-state index contributed by atoms with van der Waals surface area (Å²) >= 11 is 0. The summed E-state index contributed by atoms with van der Waals surface area (Å²) in [7, 11) is 0. The summed E-state index contributed by atoms with van der Waals surface area (Å²) in [5, 5.41) is 11.8. The lowest BCUT2D eigenvalue weighted by Gasteiger charge is -2.14. The Kier molecular flexibility index (Phi) is 6.09. The van der Waals surface area contributed by atoms with Crippen molar-refractivity contribution < 1.29 is 19.4 Å². The van der Waals surface area contributed by atoms with E-state index in [0.29, 0.717) is 18.5 Å². The second-order valence-electron chi connectivity index (χ2n) is 7.38. The van der Waals surface area contributed by atoms with Crippen molar-refractivity contribution in [1.82, 2.24) is 5.32 Å². The van der Waals surface area contributed by atoms with Crippen molar-refractivity contribution in [2.45, 2.75) is 12.3 Å². The summed E-state index contributed by atoms with van der Waals surface area (Å²) < 4.78 is 5.48. The quantitative estimate of drug-likeness (QED) is 0.322. The van der Waals surface area contributed by atoms with E-state index in [2.05, 4.69) is 41.4 Å². The highest BCUT2D eigenvalue weighted by atomic mass is 16.5. The molecule has 0 aromatic heterocycles. The van der Waals surface area contributed by atoms with E-state index in [9.17, 15) is 9.59 Å². The number of para-hydroxylation sites is 1. The molecular weight excluding hydrogens is 404 g/mol. The van der Waals surface area contributed by atoms with E-state index in [-0.39, 0.29) is 23.8 Å². The minimum Gasteiger partial charge on any atom is -0.478 e. The average Bonchev–Trinajstić information content (AvgIpc) is 3.12. The van der Waals surface area contributed by atoms with Crippen molar-refractivity contribution in [2.75, 3.05) is 18.9 Å². The number of benzene rings is 3. The summed E-state index contributed by atoms with van der Waals surface area (Å²) in [5.41, 5.74) is 11.1. The number of alkyl carbamates (subject to hydrolysis) is 1. The van der Waals surface area contributed by atoms with Crippen LogP contribution in [0.3, 0.4) is 0 Å². The number of nitrogens with two attached hydrogens (primary N) is 1. The Hall–Kier alpha value is -4.24. The van der Waals surface area contributed by atoms with Crippen molar-refractivity contribution in [3.05, 3.63) is 89.0 Å². The Morgan fingerprint density at radius 3 is 2.28 bits per heavy atom. The molecule has 1 aliphatic carbocycles. The number of nitrogen functional groups attached to an aromatic ring is 1. The van der Waals surface area contributed by atoms with Gasteiger partial charge in [-0.15, -0.1) is 0 Å². The molecule has 1 amide bonds. The lowest BCUT2D eigenvalue weighted by molar-refractivity contribution is 0.0698. The normalized spacial score (nSPS) is 11.6. The zero-order valence-electron chi connectivity index (χ0n) is 17.3. The van der Waals surface area contributed by atoms with Crippen LogP contribution in [0.2, 0.25) is 0 Å². The molecule has 0 unspecified atom stereocenters. The summed E-state index contributed by atoms with van der Waals surface area (Å²) in [6.45, 7) is 0.562. The first-order valence-corrected chi connectivity index (χ1v) is 10.3. The molecule has 6 heteroatoms. The fourth-order valence-electron chi connectivity index (χ4n) is 3.89. The minimum atomic E-state index is -1.09. The van der Waals surface area contributed by atoms with E-state index in [1.54, 1.807) is 12.1 Å². The van der Waals surface area contributed by atoms with Gasteiger partial charge in [-0.05, 0) is 34.4 Å². The highest BCUT2D eigenvalue weighted by molar-refractivity contribution is 5.95. The Morgan fingerprint density at radius 2 is 1.62 bits per heavy atom. The number of anilines is 1. The molecule has 4 N–H and O–H groups in total. The van der Waals surface area contributed by atoms with E-state index < -0.39 is 12.1 Å². The third kappa shape index (κ3) is 4.28. The Labute approximate surface area is 186 Å². The molecule has 0 fully saturated rings. The maximum atomic E-state index is 12.2. The maximum Gasteiger partial charge on any atom is 0.407 e. The number of carbonyl (C=O) groups is 2.